The van der Waals surface area contributed by atoms with E-state index in [0.717, 1.165) is 6.42 Å². The van der Waals surface area contributed by atoms with E-state index in [-0.39, 0.29) is 23.2 Å². The number of nitrogens with one attached hydrogen (secondary N) is 1. The Morgan fingerprint density at radius 3 is 2.57 bits per heavy atom. The van der Waals surface area contributed by atoms with Gasteiger partial charge in [-0.2, -0.15) is 0 Å². The fourth-order valence-electron chi connectivity index (χ4n) is 1.23. The van der Waals surface area contributed by atoms with Gasteiger partial charge in [0.2, 0.25) is 5.91 Å². The minimum absolute atomic E-state index is 0.0547. The summed E-state index contributed by atoms with van der Waals surface area (Å²) in [5.74, 6) is -0.812. The number of amidine groups is 1. The molecule has 4 N–H and O–H groups in total. The van der Waals surface area contributed by atoms with Crippen molar-refractivity contribution in [2.24, 2.45) is 22.2 Å². The van der Waals surface area contributed by atoms with Crippen LogP contribution in [-0.4, -0.2) is 23.0 Å². The highest BCUT2D eigenvalue weighted by Gasteiger charge is 2.47. The van der Waals surface area contributed by atoms with Crippen LogP contribution >= 0.6 is 0 Å². The van der Waals surface area contributed by atoms with Crippen molar-refractivity contribution in [3.8, 4) is 0 Å². The first-order valence-corrected chi connectivity index (χ1v) is 4.66. The van der Waals surface area contributed by atoms with E-state index in [2.05, 4.69) is 24.3 Å². The van der Waals surface area contributed by atoms with Gasteiger partial charge in [0.25, 0.3) is 0 Å². The topological polar surface area (TPSA) is 87.7 Å². The summed E-state index contributed by atoms with van der Waals surface area (Å²) in [6, 6.07) is 0.226. The molecular formula is C9H17N3O2. The second kappa shape index (κ2) is 3.48. The number of rotatable bonds is 3. The molecule has 14 heavy (non-hydrogen) atoms. The number of carbonyl (C=O) groups is 1. The number of oxime groups is 1. The summed E-state index contributed by atoms with van der Waals surface area (Å²) in [5, 5.41) is 14.0. The van der Waals surface area contributed by atoms with Crippen LogP contribution in [0.1, 0.15) is 27.2 Å². The SMILES string of the molecule is CC(C(=O)NC1CC1(C)C)/C(N)=N/O. The van der Waals surface area contributed by atoms with E-state index < -0.39 is 5.92 Å². The molecule has 1 saturated carbocycles. The van der Waals surface area contributed by atoms with Crippen molar-refractivity contribution in [3.63, 3.8) is 0 Å². The first-order valence-electron chi connectivity index (χ1n) is 4.66. The second-order valence-corrected chi connectivity index (χ2v) is 4.50. The number of hydrogen-bond acceptors (Lipinski definition) is 3. The van der Waals surface area contributed by atoms with Gasteiger partial charge >= 0.3 is 0 Å². The molecule has 0 aromatic carbocycles. The fourth-order valence-corrected chi connectivity index (χ4v) is 1.23. The van der Waals surface area contributed by atoms with Gasteiger partial charge in [0, 0.05) is 6.04 Å². The molecule has 1 fully saturated rings. The Bertz CT molecular complexity index is 273. The molecule has 0 aromatic rings. The lowest BCUT2D eigenvalue weighted by molar-refractivity contribution is -0.123. The number of amides is 1. The van der Waals surface area contributed by atoms with Crippen molar-refractivity contribution in [1.82, 2.24) is 5.32 Å². The lowest BCUT2D eigenvalue weighted by Gasteiger charge is -2.11. The van der Waals surface area contributed by atoms with E-state index in [0.29, 0.717) is 0 Å². The van der Waals surface area contributed by atoms with Gasteiger partial charge in [0.15, 0.2) is 5.84 Å². The lowest BCUT2D eigenvalue weighted by Crippen LogP contribution is -2.39. The second-order valence-electron chi connectivity index (χ2n) is 4.50. The van der Waals surface area contributed by atoms with E-state index in [4.69, 9.17) is 10.9 Å². The van der Waals surface area contributed by atoms with Crippen LogP contribution in [0.2, 0.25) is 0 Å². The predicted molar refractivity (Wildman–Crippen MR) is 52.9 cm³/mol. The molecule has 5 heteroatoms. The standard InChI is InChI=1S/C9H17N3O2/c1-5(7(10)12-14)8(13)11-6-4-9(6,2)3/h5-6,14H,4H2,1-3H3,(H2,10,12)(H,11,13). The van der Waals surface area contributed by atoms with Gasteiger partial charge in [-0.15, -0.1) is 0 Å². The van der Waals surface area contributed by atoms with Crippen molar-refractivity contribution >= 4 is 11.7 Å². The molecule has 0 saturated heterocycles. The highest BCUT2D eigenvalue weighted by atomic mass is 16.4. The van der Waals surface area contributed by atoms with E-state index in [1.807, 2.05) is 0 Å². The maximum absolute atomic E-state index is 11.5. The molecule has 1 amide bonds. The van der Waals surface area contributed by atoms with Crippen molar-refractivity contribution in [2.75, 3.05) is 0 Å². The normalized spacial score (nSPS) is 26.8. The summed E-state index contributed by atoms with van der Waals surface area (Å²) >= 11 is 0. The quantitative estimate of drug-likeness (QED) is 0.264. The molecule has 0 radical (unpaired) electrons. The van der Waals surface area contributed by atoms with Gasteiger partial charge in [-0.25, -0.2) is 0 Å². The summed E-state index contributed by atoms with van der Waals surface area (Å²) in [7, 11) is 0. The maximum Gasteiger partial charge on any atom is 0.230 e. The Labute approximate surface area is 83.3 Å². The van der Waals surface area contributed by atoms with Crippen LogP contribution < -0.4 is 11.1 Å². The van der Waals surface area contributed by atoms with E-state index >= 15 is 0 Å². The summed E-state index contributed by atoms with van der Waals surface area (Å²) in [6.45, 7) is 5.79. The number of carbonyl (C=O) groups excluding carboxylic acids is 1. The summed E-state index contributed by atoms with van der Waals surface area (Å²) in [5.41, 5.74) is 5.52. The number of hydrogen-bond donors (Lipinski definition) is 3. The number of nitrogens with zero attached hydrogens (tertiary/aromatic N) is 1. The highest BCUT2D eigenvalue weighted by Crippen LogP contribution is 2.44. The minimum atomic E-state index is -0.573. The monoisotopic (exact) mass is 199 g/mol. The molecule has 1 aliphatic rings. The van der Waals surface area contributed by atoms with Crippen LogP contribution in [-0.2, 0) is 4.79 Å². The first kappa shape index (κ1) is 10.8. The molecule has 2 unspecified atom stereocenters. The highest BCUT2D eigenvalue weighted by molar-refractivity contribution is 6.01. The average molecular weight is 199 g/mol. The van der Waals surface area contributed by atoms with E-state index in [9.17, 15) is 4.79 Å². The lowest BCUT2D eigenvalue weighted by atomic mass is 10.1. The molecule has 0 aliphatic heterocycles. The summed E-state index contributed by atoms with van der Waals surface area (Å²) in [4.78, 5) is 11.5. The van der Waals surface area contributed by atoms with Gasteiger partial charge in [-0.05, 0) is 18.8 Å². The number of nitrogens with two attached hydrogens (primary N) is 1. The smallest absolute Gasteiger partial charge is 0.230 e. The van der Waals surface area contributed by atoms with Crippen LogP contribution in [0.5, 0.6) is 0 Å². The van der Waals surface area contributed by atoms with Crippen LogP contribution in [0.3, 0.4) is 0 Å². The Morgan fingerprint density at radius 1 is 1.71 bits per heavy atom. The molecule has 0 aromatic heterocycles. The van der Waals surface area contributed by atoms with Crippen LogP contribution in [0, 0.1) is 11.3 Å². The van der Waals surface area contributed by atoms with Crippen LogP contribution in [0.4, 0.5) is 0 Å². The van der Waals surface area contributed by atoms with Gasteiger partial charge in [-0.1, -0.05) is 19.0 Å². The van der Waals surface area contributed by atoms with Gasteiger partial charge in [0.05, 0.1) is 5.92 Å². The van der Waals surface area contributed by atoms with Crippen molar-refractivity contribution in [1.29, 1.82) is 0 Å². The molecule has 80 valence electrons. The van der Waals surface area contributed by atoms with Gasteiger partial charge < -0.3 is 16.3 Å². The molecule has 5 nitrogen and oxygen atoms in total. The zero-order valence-corrected chi connectivity index (χ0v) is 8.74. The van der Waals surface area contributed by atoms with Crippen molar-refractivity contribution in [3.05, 3.63) is 0 Å². The Kier molecular flexibility index (Phi) is 2.69. The van der Waals surface area contributed by atoms with Gasteiger partial charge in [0.1, 0.15) is 0 Å². The zero-order chi connectivity index (χ0) is 10.9. The molecule has 0 bridgehead atoms. The summed E-state index contributed by atoms with van der Waals surface area (Å²) < 4.78 is 0. The van der Waals surface area contributed by atoms with Crippen LogP contribution in [0.15, 0.2) is 5.16 Å². The third-order valence-electron chi connectivity index (χ3n) is 2.78. The van der Waals surface area contributed by atoms with Gasteiger partial charge in [-0.3, -0.25) is 4.79 Å². The fraction of sp³-hybridized carbons (Fsp3) is 0.778. The molecule has 0 spiro atoms. The third kappa shape index (κ3) is 2.16. The first-order chi connectivity index (χ1) is 6.38. The molecule has 2 atom stereocenters. The van der Waals surface area contributed by atoms with Crippen molar-refractivity contribution in [2.45, 2.75) is 33.2 Å². The Balaban J connectivity index is 2.44. The van der Waals surface area contributed by atoms with E-state index in [1.165, 1.54) is 0 Å². The molecular weight excluding hydrogens is 182 g/mol. The largest absolute Gasteiger partial charge is 0.409 e. The summed E-state index contributed by atoms with van der Waals surface area (Å²) in [6.07, 6.45) is 0.988. The van der Waals surface area contributed by atoms with E-state index in [1.54, 1.807) is 6.92 Å². The zero-order valence-electron chi connectivity index (χ0n) is 8.74. The van der Waals surface area contributed by atoms with Crippen LogP contribution in [0.25, 0.3) is 0 Å². The Morgan fingerprint density at radius 2 is 2.21 bits per heavy atom. The molecule has 1 rings (SSSR count). The predicted octanol–water partition coefficient (Wildman–Crippen LogP) is 0.284. The molecule has 0 heterocycles. The minimum Gasteiger partial charge on any atom is -0.409 e. The maximum atomic E-state index is 11.5. The third-order valence-corrected chi connectivity index (χ3v) is 2.78. The average Bonchev–Trinajstić information content (AvgIpc) is 2.71. The van der Waals surface area contributed by atoms with Crippen molar-refractivity contribution < 1.29 is 10.0 Å². The molecule has 1 aliphatic carbocycles. The Hall–Kier alpha value is -1.26.